The smallest absolute Gasteiger partial charge is 0.307 e. The van der Waals surface area contributed by atoms with E-state index in [-0.39, 0.29) is 61.7 Å². The summed E-state index contributed by atoms with van der Waals surface area (Å²) >= 11 is 0. The number of aliphatic hydroxyl groups excluding tert-OH is 1. The van der Waals surface area contributed by atoms with E-state index in [2.05, 4.69) is 11.7 Å². The monoisotopic (exact) mass is 367 g/mol. The topological polar surface area (TPSA) is 101 Å². The summed E-state index contributed by atoms with van der Waals surface area (Å²) < 4.78 is 4.53. The number of ketones is 1. The predicted octanol–water partition coefficient (Wildman–Crippen LogP) is 1.32. The number of likely N-dealkylation sites (tertiary alicyclic amines) is 1. The molecule has 2 rings (SSSR count). The molecule has 1 heterocycles. The SMILES string of the molecule is COC(=O)CCN1C(=O)CC(C[C@H](O)C2C[C@@H](C)CC(C)C2=O)CC1=O. The van der Waals surface area contributed by atoms with Crippen LogP contribution in [0, 0.1) is 23.7 Å². The highest BCUT2D eigenvalue weighted by molar-refractivity contribution is 5.98. The molecule has 0 bridgehead atoms. The van der Waals surface area contributed by atoms with Crippen LogP contribution in [0.15, 0.2) is 0 Å². The molecule has 1 aliphatic heterocycles. The summed E-state index contributed by atoms with van der Waals surface area (Å²) in [6, 6.07) is 0. The van der Waals surface area contributed by atoms with Gasteiger partial charge in [0.05, 0.1) is 19.6 Å². The van der Waals surface area contributed by atoms with Crippen LogP contribution in [0.2, 0.25) is 0 Å². The van der Waals surface area contributed by atoms with Gasteiger partial charge in [-0.3, -0.25) is 24.1 Å². The predicted molar refractivity (Wildman–Crippen MR) is 92.8 cm³/mol. The number of piperidine rings is 1. The lowest BCUT2D eigenvalue weighted by molar-refractivity contribution is -0.151. The van der Waals surface area contributed by atoms with Crippen LogP contribution in [0.25, 0.3) is 0 Å². The zero-order chi connectivity index (χ0) is 19.4. The second-order valence-corrected chi connectivity index (χ2v) is 7.83. The first kappa shape index (κ1) is 20.6. The van der Waals surface area contributed by atoms with Crippen LogP contribution in [-0.2, 0) is 23.9 Å². The molecule has 7 heteroatoms. The zero-order valence-electron chi connectivity index (χ0n) is 15.8. The molecular formula is C19H29NO6. The molecule has 7 nitrogen and oxygen atoms in total. The third-order valence-corrected chi connectivity index (χ3v) is 5.60. The van der Waals surface area contributed by atoms with E-state index < -0.39 is 18.0 Å². The van der Waals surface area contributed by atoms with Crippen LogP contribution in [0.3, 0.4) is 0 Å². The van der Waals surface area contributed by atoms with Crippen molar-refractivity contribution >= 4 is 23.6 Å². The molecule has 1 saturated heterocycles. The quantitative estimate of drug-likeness (QED) is 0.561. The van der Waals surface area contributed by atoms with E-state index >= 15 is 0 Å². The van der Waals surface area contributed by atoms with Crippen molar-refractivity contribution in [3.05, 3.63) is 0 Å². The largest absolute Gasteiger partial charge is 0.469 e. The third-order valence-electron chi connectivity index (χ3n) is 5.60. The minimum absolute atomic E-state index is 0.0202. The lowest BCUT2D eigenvalue weighted by Crippen LogP contribution is -2.46. The van der Waals surface area contributed by atoms with Crippen molar-refractivity contribution in [2.45, 2.75) is 58.5 Å². The van der Waals surface area contributed by atoms with Gasteiger partial charge in [-0.15, -0.1) is 0 Å². The molecule has 0 aromatic carbocycles. The Morgan fingerprint density at radius 3 is 2.38 bits per heavy atom. The number of aliphatic hydroxyl groups is 1. The number of esters is 1. The van der Waals surface area contributed by atoms with Gasteiger partial charge in [0.1, 0.15) is 5.78 Å². The number of nitrogens with zero attached hydrogens (tertiary/aromatic N) is 1. The van der Waals surface area contributed by atoms with Crippen LogP contribution in [0.4, 0.5) is 0 Å². The highest BCUT2D eigenvalue weighted by Crippen LogP contribution is 2.35. The van der Waals surface area contributed by atoms with Crippen molar-refractivity contribution in [2.75, 3.05) is 13.7 Å². The molecule has 4 atom stereocenters. The Labute approximate surface area is 154 Å². The molecule has 0 radical (unpaired) electrons. The first-order valence-corrected chi connectivity index (χ1v) is 9.34. The normalized spacial score (nSPS) is 29.0. The van der Waals surface area contributed by atoms with Gasteiger partial charge in [-0.05, 0) is 31.1 Å². The second-order valence-electron chi connectivity index (χ2n) is 7.83. The molecule has 2 aliphatic rings. The fraction of sp³-hybridized carbons (Fsp3) is 0.789. The highest BCUT2D eigenvalue weighted by Gasteiger charge is 2.39. The number of carbonyl (C=O) groups is 4. The van der Waals surface area contributed by atoms with E-state index in [1.165, 1.54) is 7.11 Å². The third kappa shape index (κ3) is 4.90. The van der Waals surface area contributed by atoms with Crippen LogP contribution in [-0.4, -0.2) is 53.3 Å². The minimum Gasteiger partial charge on any atom is -0.469 e. The molecule has 1 saturated carbocycles. The molecule has 146 valence electrons. The Morgan fingerprint density at radius 2 is 1.81 bits per heavy atom. The van der Waals surface area contributed by atoms with Crippen molar-refractivity contribution in [3.63, 3.8) is 0 Å². The molecular weight excluding hydrogens is 338 g/mol. The van der Waals surface area contributed by atoms with Gasteiger partial charge in [0.2, 0.25) is 11.8 Å². The van der Waals surface area contributed by atoms with Crippen molar-refractivity contribution in [1.82, 2.24) is 4.90 Å². The van der Waals surface area contributed by atoms with E-state index in [9.17, 15) is 24.3 Å². The Morgan fingerprint density at radius 1 is 1.19 bits per heavy atom. The number of carbonyl (C=O) groups excluding carboxylic acids is 4. The average Bonchev–Trinajstić information content (AvgIpc) is 2.56. The van der Waals surface area contributed by atoms with Gasteiger partial charge in [-0.25, -0.2) is 0 Å². The number of rotatable bonds is 6. The van der Waals surface area contributed by atoms with E-state index in [4.69, 9.17) is 0 Å². The number of hydrogen-bond donors (Lipinski definition) is 1. The van der Waals surface area contributed by atoms with Crippen LogP contribution in [0.1, 0.15) is 52.4 Å². The average molecular weight is 367 g/mol. The molecule has 1 N–H and O–H groups in total. The summed E-state index contributed by atoms with van der Waals surface area (Å²) in [6.07, 6.45) is 1.24. The summed E-state index contributed by atoms with van der Waals surface area (Å²) in [4.78, 5) is 49.2. The molecule has 0 spiro atoms. The number of hydrogen-bond acceptors (Lipinski definition) is 6. The number of Topliss-reactive ketones (excluding diaryl/α,β-unsaturated/α-hetero) is 1. The number of ether oxygens (including phenoxy) is 1. The number of imide groups is 1. The molecule has 1 aliphatic carbocycles. The maximum atomic E-state index is 12.4. The molecule has 0 aromatic heterocycles. The second kappa shape index (κ2) is 8.75. The fourth-order valence-electron chi connectivity index (χ4n) is 4.23. The van der Waals surface area contributed by atoms with Gasteiger partial charge in [0, 0.05) is 31.2 Å². The standard InChI is InChI=1S/C19H29NO6/c1-11-6-12(2)19(25)14(7-11)15(21)8-13-9-16(22)20(17(23)10-13)5-4-18(24)26-3/h11-15,21H,4-10H2,1-3H3/t11-,12?,14?,15-/m0/s1. The highest BCUT2D eigenvalue weighted by atomic mass is 16.5. The molecule has 2 amide bonds. The van der Waals surface area contributed by atoms with Crippen molar-refractivity contribution in [3.8, 4) is 0 Å². The zero-order valence-corrected chi connectivity index (χ0v) is 15.8. The van der Waals surface area contributed by atoms with Gasteiger partial charge in [0.25, 0.3) is 0 Å². The van der Waals surface area contributed by atoms with E-state index in [1.54, 1.807) is 0 Å². The molecule has 26 heavy (non-hydrogen) atoms. The molecule has 2 fully saturated rings. The molecule has 2 unspecified atom stereocenters. The van der Waals surface area contributed by atoms with Crippen molar-refractivity contribution in [1.29, 1.82) is 0 Å². The number of methoxy groups -OCH3 is 1. The summed E-state index contributed by atoms with van der Waals surface area (Å²) in [5.41, 5.74) is 0. The Balaban J connectivity index is 1.91. The van der Waals surface area contributed by atoms with Gasteiger partial charge in [-0.2, -0.15) is 0 Å². The summed E-state index contributed by atoms with van der Waals surface area (Å²) in [7, 11) is 1.26. The molecule has 0 aromatic rings. The first-order chi connectivity index (χ1) is 12.2. The summed E-state index contributed by atoms with van der Waals surface area (Å²) in [5.74, 6) is -1.40. The van der Waals surface area contributed by atoms with Gasteiger partial charge < -0.3 is 9.84 Å². The lowest BCUT2D eigenvalue weighted by atomic mass is 9.71. The van der Waals surface area contributed by atoms with E-state index in [0.717, 1.165) is 11.3 Å². The Kier molecular flexibility index (Phi) is 6.92. The Hall–Kier alpha value is -1.76. The summed E-state index contributed by atoms with van der Waals surface area (Å²) in [6.45, 7) is 4.00. The van der Waals surface area contributed by atoms with Crippen LogP contribution < -0.4 is 0 Å². The van der Waals surface area contributed by atoms with E-state index in [1.807, 2.05) is 6.92 Å². The maximum absolute atomic E-state index is 12.4. The minimum atomic E-state index is -0.820. The summed E-state index contributed by atoms with van der Waals surface area (Å²) in [5, 5.41) is 10.6. The van der Waals surface area contributed by atoms with Crippen LogP contribution >= 0.6 is 0 Å². The lowest BCUT2D eigenvalue weighted by Gasteiger charge is -2.35. The van der Waals surface area contributed by atoms with Gasteiger partial charge in [-0.1, -0.05) is 13.8 Å². The van der Waals surface area contributed by atoms with Gasteiger partial charge >= 0.3 is 5.97 Å². The van der Waals surface area contributed by atoms with Crippen molar-refractivity contribution < 1.29 is 29.0 Å². The fourth-order valence-corrected chi connectivity index (χ4v) is 4.23. The van der Waals surface area contributed by atoms with Crippen molar-refractivity contribution in [2.24, 2.45) is 23.7 Å². The first-order valence-electron chi connectivity index (χ1n) is 9.34. The maximum Gasteiger partial charge on any atom is 0.307 e. The Bertz CT molecular complexity index is 556. The van der Waals surface area contributed by atoms with Gasteiger partial charge in [0.15, 0.2) is 0 Å². The van der Waals surface area contributed by atoms with Crippen LogP contribution in [0.5, 0.6) is 0 Å². The van der Waals surface area contributed by atoms with E-state index in [0.29, 0.717) is 12.3 Å². The number of amides is 2.